The molecule has 0 radical (unpaired) electrons. The van der Waals surface area contributed by atoms with Crippen LogP contribution in [0.2, 0.25) is 0 Å². The third-order valence-corrected chi connectivity index (χ3v) is 5.07. The van der Waals surface area contributed by atoms with Crippen molar-refractivity contribution in [3.63, 3.8) is 0 Å². The molecule has 0 saturated heterocycles. The number of primary sulfonamides is 1. The van der Waals surface area contributed by atoms with Gasteiger partial charge < -0.3 is 5.32 Å². The number of sulfonamides is 1. The Labute approximate surface area is 161 Å². The van der Waals surface area contributed by atoms with Crippen molar-refractivity contribution in [1.82, 2.24) is 20.3 Å². The Balaban J connectivity index is 1.50. The van der Waals surface area contributed by atoms with Gasteiger partial charge in [-0.15, -0.1) is 5.10 Å². The van der Waals surface area contributed by atoms with Gasteiger partial charge in [-0.2, -0.15) is 0 Å². The minimum absolute atomic E-state index is 0.0181. The van der Waals surface area contributed by atoms with Gasteiger partial charge in [-0.3, -0.25) is 9.59 Å². The van der Waals surface area contributed by atoms with Crippen LogP contribution in [0.1, 0.15) is 18.4 Å². The van der Waals surface area contributed by atoms with Crippen molar-refractivity contribution >= 4 is 26.8 Å². The Bertz CT molecular complexity index is 1160. The lowest BCUT2D eigenvalue weighted by molar-refractivity contribution is -0.121. The van der Waals surface area contributed by atoms with Crippen molar-refractivity contribution in [2.75, 3.05) is 0 Å². The van der Waals surface area contributed by atoms with Gasteiger partial charge >= 0.3 is 0 Å². The van der Waals surface area contributed by atoms with Crippen LogP contribution in [0.15, 0.2) is 58.2 Å². The molecule has 0 aliphatic carbocycles. The molecule has 0 fully saturated rings. The predicted octanol–water partition coefficient (Wildman–Crippen LogP) is 0.535. The van der Waals surface area contributed by atoms with Gasteiger partial charge in [0.05, 0.1) is 10.3 Å². The fraction of sp³-hybridized carbons (Fsp3) is 0.222. The third kappa shape index (κ3) is 4.78. The van der Waals surface area contributed by atoms with Gasteiger partial charge in [0, 0.05) is 19.5 Å². The average molecular weight is 401 g/mol. The van der Waals surface area contributed by atoms with E-state index in [4.69, 9.17) is 5.14 Å². The molecule has 0 aliphatic rings. The smallest absolute Gasteiger partial charge is 0.277 e. The molecule has 0 saturated carbocycles. The Morgan fingerprint density at radius 1 is 1.11 bits per heavy atom. The fourth-order valence-electron chi connectivity index (χ4n) is 2.65. The van der Waals surface area contributed by atoms with Crippen molar-refractivity contribution in [3.05, 3.63) is 64.4 Å². The minimum atomic E-state index is -3.73. The van der Waals surface area contributed by atoms with Crippen molar-refractivity contribution in [2.24, 2.45) is 5.14 Å². The summed E-state index contributed by atoms with van der Waals surface area (Å²) in [6.07, 6.45) is 0.652. The number of benzene rings is 2. The highest BCUT2D eigenvalue weighted by Gasteiger charge is 2.08. The van der Waals surface area contributed by atoms with Crippen LogP contribution in [0.3, 0.4) is 0 Å². The summed E-state index contributed by atoms with van der Waals surface area (Å²) >= 11 is 0. The number of hydrogen-bond acceptors (Lipinski definition) is 6. The van der Waals surface area contributed by atoms with Crippen LogP contribution >= 0.6 is 0 Å². The van der Waals surface area contributed by atoms with Crippen LogP contribution in [-0.4, -0.2) is 29.3 Å². The number of nitrogens with zero attached hydrogens (tertiary/aromatic N) is 3. The van der Waals surface area contributed by atoms with Gasteiger partial charge in [0.2, 0.25) is 15.9 Å². The number of aromatic nitrogens is 3. The van der Waals surface area contributed by atoms with E-state index >= 15 is 0 Å². The SMILES string of the molecule is NS(=O)(=O)c1ccc(CNC(=O)CCCn2nnc3ccccc3c2=O)cc1. The number of carbonyl (C=O) groups excluding carboxylic acids is 1. The largest absolute Gasteiger partial charge is 0.352 e. The van der Waals surface area contributed by atoms with E-state index in [0.29, 0.717) is 17.3 Å². The first-order valence-electron chi connectivity index (χ1n) is 8.55. The lowest BCUT2D eigenvalue weighted by Gasteiger charge is -2.07. The summed E-state index contributed by atoms with van der Waals surface area (Å²) in [4.78, 5) is 24.3. The maximum Gasteiger partial charge on any atom is 0.277 e. The van der Waals surface area contributed by atoms with Crippen LogP contribution in [0.25, 0.3) is 10.9 Å². The van der Waals surface area contributed by atoms with E-state index in [1.165, 1.54) is 16.8 Å². The molecule has 1 aromatic heterocycles. The summed E-state index contributed by atoms with van der Waals surface area (Å²) in [6.45, 7) is 0.548. The molecule has 9 nitrogen and oxygen atoms in total. The van der Waals surface area contributed by atoms with Crippen LogP contribution in [-0.2, 0) is 27.9 Å². The third-order valence-electron chi connectivity index (χ3n) is 4.14. The molecular formula is C18H19N5O4S. The molecule has 3 N–H and O–H groups in total. The summed E-state index contributed by atoms with van der Waals surface area (Å²) in [7, 11) is -3.73. The lowest BCUT2D eigenvalue weighted by Crippen LogP contribution is -2.26. The molecule has 0 unspecified atom stereocenters. The zero-order valence-electron chi connectivity index (χ0n) is 14.9. The van der Waals surface area contributed by atoms with Gasteiger partial charge in [0.15, 0.2) is 0 Å². The zero-order valence-corrected chi connectivity index (χ0v) is 15.7. The number of hydrogen-bond donors (Lipinski definition) is 2. The normalized spacial score (nSPS) is 11.5. The summed E-state index contributed by atoms with van der Waals surface area (Å²) in [5, 5.41) is 16.2. The second-order valence-corrected chi connectivity index (χ2v) is 7.77. The van der Waals surface area contributed by atoms with Crippen LogP contribution in [0.5, 0.6) is 0 Å². The topological polar surface area (TPSA) is 137 Å². The standard InChI is InChI=1S/C18H19N5O4S/c19-28(26,27)14-9-7-13(8-10-14)12-20-17(24)6-3-11-23-18(25)15-4-1-2-5-16(15)21-22-23/h1-2,4-5,7-10H,3,6,11-12H2,(H,20,24)(H2,19,26,27). The molecule has 0 bridgehead atoms. The highest BCUT2D eigenvalue weighted by molar-refractivity contribution is 7.89. The molecule has 3 rings (SSSR count). The zero-order chi connectivity index (χ0) is 20.1. The van der Waals surface area contributed by atoms with Crippen molar-refractivity contribution < 1.29 is 13.2 Å². The highest BCUT2D eigenvalue weighted by atomic mass is 32.2. The number of nitrogens with two attached hydrogens (primary N) is 1. The maximum atomic E-state index is 12.3. The first-order valence-corrected chi connectivity index (χ1v) is 10.1. The van der Waals surface area contributed by atoms with Crippen molar-refractivity contribution in [2.45, 2.75) is 30.8 Å². The molecule has 1 heterocycles. The second kappa shape index (κ2) is 8.28. The molecule has 0 atom stereocenters. The molecular weight excluding hydrogens is 382 g/mol. The van der Waals surface area contributed by atoms with Gasteiger partial charge in [0.25, 0.3) is 5.56 Å². The van der Waals surface area contributed by atoms with E-state index in [1.807, 2.05) is 0 Å². The van der Waals surface area contributed by atoms with Gasteiger partial charge in [-0.05, 0) is 36.2 Å². The van der Waals surface area contributed by atoms with Crippen LogP contribution < -0.4 is 16.0 Å². The van der Waals surface area contributed by atoms with E-state index in [-0.39, 0.29) is 35.9 Å². The van der Waals surface area contributed by atoms with E-state index < -0.39 is 10.0 Å². The lowest BCUT2D eigenvalue weighted by atomic mass is 10.2. The molecule has 1 amide bonds. The van der Waals surface area contributed by atoms with Crippen molar-refractivity contribution in [1.29, 1.82) is 0 Å². The van der Waals surface area contributed by atoms with E-state index in [9.17, 15) is 18.0 Å². The highest BCUT2D eigenvalue weighted by Crippen LogP contribution is 2.09. The molecule has 2 aromatic carbocycles. The summed E-state index contributed by atoms with van der Waals surface area (Å²) < 4.78 is 23.7. The first-order chi connectivity index (χ1) is 13.3. The Hall–Kier alpha value is -3.11. The van der Waals surface area contributed by atoms with Crippen LogP contribution in [0, 0.1) is 0 Å². The number of rotatable bonds is 7. The molecule has 10 heteroatoms. The fourth-order valence-corrected chi connectivity index (χ4v) is 3.16. The van der Waals surface area contributed by atoms with Gasteiger partial charge in [-0.25, -0.2) is 18.2 Å². The Morgan fingerprint density at radius 3 is 2.54 bits per heavy atom. The molecule has 146 valence electrons. The molecule has 28 heavy (non-hydrogen) atoms. The number of carbonyl (C=O) groups is 1. The van der Waals surface area contributed by atoms with E-state index in [0.717, 1.165) is 5.56 Å². The summed E-state index contributed by atoms with van der Waals surface area (Å²) in [5.41, 5.74) is 1.05. The quantitative estimate of drug-likeness (QED) is 0.593. The van der Waals surface area contributed by atoms with Gasteiger partial charge in [-0.1, -0.05) is 29.5 Å². The molecule has 0 spiro atoms. The number of aryl methyl sites for hydroxylation is 1. The average Bonchev–Trinajstić information content (AvgIpc) is 2.68. The predicted molar refractivity (Wildman–Crippen MR) is 103 cm³/mol. The number of fused-ring (bicyclic) bond motifs is 1. The van der Waals surface area contributed by atoms with Crippen molar-refractivity contribution in [3.8, 4) is 0 Å². The van der Waals surface area contributed by atoms with E-state index in [2.05, 4.69) is 15.6 Å². The van der Waals surface area contributed by atoms with Gasteiger partial charge in [0.1, 0.15) is 5.52 Å². The number of nitrogens with one attached hydrogen (secondary N) is 1. The Morgan fingerprint density at radius 2 is 1.82 bits per heavy atom. The summed E-state index contributed by atoms with van der Waals surface area (Å²) in [6, 6.07) is 12.9. The Kier molecular flexibility index (Phi) is 5.81. The molecule has 0 aliphatic heterocycles. The van der Waals surface area contributed by atoms with Crippen LogP contribution in [0.4, 0.5) is 0 Å². The second-order valence-electron chi connectivity index (χ2n) is 6.20. The first kappa shape index (κ1) is 19.6. The maximum absolute atomic E-state index is 12.3. The van der Waals surface area contributed by atoms with E-state index in [1.54, 1.807) is 36.4 Å². The minimum Gasteiger partial charge on any atom is -0.352 e. The summed E-state index contributed by atoms with van der Waals surface area (Å²) in [5.74, 6) is -0.183. The number of amides is 1. The molecule has 3 aromatic rings. The monoisotopic (exact) mass is 401 g/mol.